The molecule has 2 N–H and O–H groups in total. The average molecular weight is 302 g/mol. The lowest BCUT2D eigenvalue weighted by molar-refractivity contribution is -0.162. The largest absolute Gasteiger partial charge is 0.425 e. The van der Waals surface area contributed by atoms with E-state index >= 15 is 0 Å². The van der Waals surface area contributed by atoms with Crippen LogP contribution in [-0.4, -0.2) is 34.4 Å². The van der Waals surface area contributed by atoms with Crippen molar-refractivity contribution in [3.05, 3.63) is 60.7 Å². The molecule has 6 heteroatoms. The first kappa shape index (κ1) is 15.7. The van der Waals surface area contributed by atoms with Crippen molar-refractivity contribution in [3.8, 4) is 11.5 Å². The summed E-state index contributed by atoms with van der Waals surface area (Å²) in [6.07, 6.45) is -4.09. The number of esters is 2. The Morgan fingerprint density at radius 2 is 1.00 bits per heavy atom. The standard InChI is InChI=1S/C16H14O6/c17-13(15(19)21-11-7-3-1-4-8-11)14(18)16(20)22-12-9-5-2-6-10-12/h1-10,13-14,17-18H/t13-,14-/m1/s1. The highest BCUT2D eigenvalue weighted by atomic mass is 16.6. The van der Waals surface area contributed by atoms with Crippen LogP contribution in [0, 0.1) is 0 Å². The molecule has 0 saturated heterocycles. The minimum absolute atomic E-state index is 0.190. The van der Waals surface area contributed by atoms with Crippen molar-refractivity contribution in [3.63, 3.8) is 0 Å². The second-order valence-corrected chi connectivity index (χ2v) is 4.36. The second kappa shape index (κ2) is 7.35. The van der Waals surface area contributed by atoms with Crippen LogP contribution in [0.2, 0.25) is 0 Å². The van der Waals surface area contributed by atoms with E-state index in [1.54, 1.807) is 36.4 Å². The Balaban J connectivity index is 1.94. The number of benzene rings is 2. The fourth-order valence-electron chi connectivity index (χ4n) is 1.59. The van der Waals surface area contributed by atoms with E-state index in [0.29, 0.717) is 0 Å². The number of rotatable bonds is 5. The van der Waals surface area contributed by atoms with Gasteiger partial charge in [-0.25, -0.2) is 9.59 Å². The van der Waals surface area contributed by atoms with Gasteiger partial charge in [0.2, 0.25) is 0 Å². The summed E-state index contributed by atoms with van der Waals surface area (Å²) in [4.78, 5) is 23.3. The number of para-hydroxylation sites is 2. The molecule has 114 valence electrons. The Hall–Kier alpha value is -2.70. The summed E-state index contributed by atoms with van der Waals surface area (Å²) in [6, 6.07) is 16.0. The summed E-state index contributed by atoms with van der Waals surface area (Å²) in [5.74, 6) is -1.92. The van der Waals surface area contributed by atoms with Gasteiger partial charge in [-0.05, 0) is 24.3 Å². The summed E-state index contributed by atoms with van der Waals surface area (Å²) < 4.78 is 9.68. The van der Waals surface area contributed by atoms with E-state index in [9.17, 15) is 19.8 Å². The van der Waals surface area contributed by atoms with Crippen LogP contribution in [0.3, 0.4) is 0 Å². The van der Waals surface area contributed by atoms with Crippen molar-refractivity contribution >= 4 is 11.9 Å². The number of aliphatic hydroxyl groups excluding tert-OH is 2. The number of carbonyl (C=O) groups is 2. The van der Waals surface area contributed by atoms with Crippen LogP contribution in [0.1, 0.15) is 0 Å². The molecule has 0 aliphatic carbocycles. The van der Waals surface area contributed by atoms with Gasteiger partial charge in [0.1, 0.15) is 11.5 Å². The number of hydrogen-bond donors (Lipinski definition) is 2. The van der Waals surface area contributed by atoms with Crippen molar-refractivity contribution in [1.29, 1.82) is 0 Å². The van der Waals surface area contributed by atoms with Gasteiger partial charge in [0.25, 0.3) is 0 Å². The molecule has 0 radical (unpaired) electrons. The second-order valence-electron chi connectivity index (χ2n) is 4.36. The molecule has 0 bridgehead atoms. The zero-order valence-electron chi connectivity index (χ0n) is 11.5. The van der Waals surface area contributed by atoms with E-state index < -0.39 is 24.1 Å². The first-order valence-corrected chi connectivity index (χ1v) is 6.47. The maximum absolute atomic E-state index is 11.7. The molecule has 2 aromatic rings. The predicted molar refractivity (Wildman–Crippen MR) is 76.2 cm³/mol. The van der Waals surface area contributed by atoms with Crippen LogP contribution in [0.15, 0.2) is 60.7 Å². The average Bonchev–Trinajstić information content (AvgIpc) is 2.55. The summed E-state index contributed by atoms with van der Waals surface area (Å²) in [5, 5.41) is 19.3. The van der Waals surface area contributed by atoms with Gasteiger partial charge in [0.05, 0.1) is 0 Å². The van der Waals surface area contributed by atoms with E-state index in [4.69, 9.17) is 9.47 Å². The summed E-state index contributed by atoms with van der Waals surface area (Å²) in [7, 11) is 0. The molecule has 2 rings (SSSR count). The zero-order valence-corrected chi connectivity index (χ0v) is 11.5. The molecular weight excluding hydrogens is 288 g/mol. The highest BCUT2D eigenvalue weighted by Gasteiger charge is 2.33. The van der Waals surface area contributed by atoms with E-state index in [2.05, 4.69) is 0 Å². The summed E-state index contributed by atoms with van der Waals surface area (Å²) >= 11 is 0. The lowest BCUT2D eigenvalue weighted by Gasteiger charge is -2.15. The van der Waals surface area contributed by atoms with Gasteiger partial charge in [0, 0.05) is 0 Å². The first-order valence-electron chi connectivity index (χ1n) is 6.47. The van der Waals surface area contributed by atoms with E-state index in [1.807, 2.05) is 0 Å². The highest BCUT2D eigenvalue weighted by Crippen LogP contribution is 2.13. The van der Waals surface area contributed by atoms with Crippen molar-refractivity contribution in [2.75, 3.05) is 0 Å². The fraction of sp³-hybridized carbons (Fsp3) is 0.125. The minimum Gasteiger partial charge on any atom is -0.425 e. The van der Waals surface area contributed by atoms with Crippen LogP contribution in [0.5, 0.6) is 11.5 Å². The Morgan fingerprint density at radius 1 is 0.682 bits per heavy atom. The van der Waals surface area contributed by atoms with Gasteiger partial charge < -0.3 is 19.7 Å². The van der Waals surface area contributed by atoms with E-state index in [-0.39, 0.29) is 11.5 Å². The summed E-state index contributed by atoms with van der Waals surface area (Å²) in [5.41, 5.74) is 0. The van der Waals surface area contributed by atoms with Gasteiger partial charge in [-0.2, -0.15) is 0 Å². The van der Waals surface area contributed by atoms with Gasteiger partial charge in [-0.1, -0.05) is 36.4 Å². The molecule has 6 nitrogen and oxygen atoms in total. The van der Waals surface area contributed by atoms with Crippen LogP contribution in [-0.2, 0) is 9.59 Å². The minimum atomic E-state index is -2.04. The number of carbonyl (C=O) groups excluding carboxylic acids is 2. The number of hydrogen-bond acceptors (Lipinski definition) is 6. The molecule has 0 aromatic heterocycles. The van der Waals surface area contributed by atoms with Crippen molar-refractivity contribution in [2.45, 2.75) is 12.2 Å². The van der Waals surface area contributed by atoms with Crippen LogP contribution < -0.4 is 9.47 Å². The SMILES string of the molecule is O=C(Oc1ccccc1)[C@H](O)[C@@H](O)C(=O)Oc1ccccc1. The monoisotopic (exact) mass is 302 g/mol. The molecule has 0 amide bonds. The molecule has 0 aliphatic heterocycles. The molecule has 2 aromatic carbocycles. The Bertz CT molecular complexity index is 568. The topological polar surface area (TPSA) is 93.1 Å². The van der Waals surface area contributed by atoms with Crippen molar-refractivity contribution in [2.24, 2.45) is 0 Å². The highest BCUT2D eigenvalue weighted by molar-refractivity contribution is 5.87. The zero-order chi connectivity index (χ0) is 15.9. The van der Waals surface area contributed by atoms with Crippen molar-refractivity contribution in [1.82, 2.24) is 0 Å². The molecule has 0 saturated carbocycles. The molecule has 0 fully saturated rings. The van der Waals surface area contributed by atoms with Gasteiger partial charge in [0.15, 0.2) is 12.2 Å². The van der Waals surface area contributed by atoms with Gasteiger partial charge in [-0.3, -0.25) is 0 Å². The van der Waals surface area contributed by atoms with Gasteiger partial charge in [-0.15, -0.1) is 0 Å². The Morgan fingerprint density at radius 3 is 1.32 bits per heavy atom. The lowest BCUT2D eigenvalue weighted by Crippen LogP contribution is -2.43. The maximum Gasteiger partial charge on any atom is 0.343 e. The molecule has 2 atom stereocenters. The van der Waals surface area contributed by atoms with Crippen LogP contribution in [0.25, 0.3) is 0 Å². The van der Waals surface area contributed by atoms with E-state index in [1.165, 1.54) is 24.3 Å². The smallest absolute Gasteiger partial charge is 0.343 e. The maximum atomic E-state index is 11.7. The molecular formula is C16H14O6. The molecule has 0 spiro atoms. The Labute approximate surface area is 126 Å². The molecule has 0 heterocycles. The number of aliphatic hydroxyl groups is 2. The third-order valence-electron chi connectivity index (χ3n) is 2.71. The third kappa shape index (κ3) is 4.15. The van der Waals surface area contributed by atoms with Gasteiger partial charge >= 0.3 is 11.9 Å². The molecule has 22 heavy (non-hydrogen) atoms. The number of ether oxygens (including phenoxy) is 2. The predicted octanol–water partition coefficient (Wildman–Crippen LogP) is 0.919. The normalized spacial score (nSPS) is 13.0. The van der Waals surface area contributed by atoms with Crippen LogP contribution in [0.4, 0.5) is 0 Å². The fourth-order valence-corrected chi connectivity index (χ4v) is 1.59. The van der Waals surface area contributed by atoms with Crippen molar-refractivity contribution < 1.29 is 29.3 Å². The first-order chi connectivity index (χ1) is 10.6. The molecule has 0 unspecified atom stereocenters. The Kier molecular flexibility index (Phi) is 5.24. The quantitative estimate of drug-likeness (QED) is 0.630. The van der Waals surface area contributed by atoms with E-state index in [0.717, 1.165) is 0 Å². The lowest BCUT2D eigenvalue weighted by atomic mass is 10.2. The van der Waals surface area contributed by atoms with Crippen LogP contribution >= 0.6 is 0 Å². The molecule has 0 aliphatic rings. The summed E-state index contributed by atoms with van der Waals surface area (Å²) in [6.45, 7) is 0. The third-order valence-corrected chi connectivity index (χ3v) is 2.71.